The fraction of sp³-hybridized carbons (Fsp3) is 0.519. The lowest BCUT2D eigenvalue weighted by Gasteiger charge is -2.44. The molecule has 4 rings (SSSR count). The topological polar surface area (TPSA) is 88.0 Å². The number of carbonyl (C=O) groups excluding carboxylic acids is 1. The van der Waals surface area contributed by atoms with Gasteiger partial charge in [-0.3, -0.25) is 4.79 Å². The van der Waals surface area contributed by atoms with Crippen LogP contribution in [0.25, 0.3) is 0 Å². The first-order valence-corrected chi connectivity index (χ1v) is 12.2. The Balaban J connectivity index is 1.51. The predicted molar refractivity (Wildman–Crippen MR) is 126 cm³/mol. The van der Waals surface area contributed by atoms with Gasteiger partial charge in [-0.25, -0.2) is 0 Å². The number of halogens is 3. The number of carbonyl (C=O) groups is 1. The van der Waals surface area contributed by atoms with E-state index in [1.807, 2.05) is 31.2 Å². The number of nitrogens with one attached hydrogen (secondary N) is 1. The molecule has 0 unspecified atom stereocenters. The molecule has 0 aromatic heterocycles. The van der Waals surface area contributed by atoms with Crippen LogP contribution in [0.1, 0.15) is 47.9 Å². The Morgan fingerprint density at radius 2 is 1.75 bits per heavy atom. The molecule has 2 aromatic rings. The van der Waals surface area contributed by atoms with E-state index in [4.69, 9.17) is 9.47 Å². The maximum Gasteiger partial charge on any atom is 0.416 e. The molecule has 0 spiro atoms. The number of hydrogen-bond donors (Lipinski definition) is 3. The number of hydrogen-bond acceptors (Lipinski definition) is 5. The minimum atomic E-state index is -4.49. The Bertz CT molecular complexity index is 1060. The van der Waals surface area contributed by atoms with Gasteiger partial charge in [0, 0.05) is 19.4 Å². The van der Waals surface area contributed by atoms with Crippen LogP contribution in [0.5, 0.6) is 0 Å². The molecular formula is C27H32F3NO5. The van der Waals surface area contributed by atoms with Crippen molar-refractivity contribution < 1.29 is 37.7 Å². The van der Waals surface area contributed by atoms with Crippen molar-refractivity contribution in [2.75, 3.05) is 6.54 Å². The van der Waals surface area contributed by atoms with Gasteiger partial charge in [0.25, 0.3) is 5.91 Å². The summed E-state index contributed by atoms with van der Waals surface area (Å²) < 4.78 is 51.2. The largest absolute Gasteiger partial charge is 0.416 e. The summed E-state index contributed by atoms with van der Waals surface area (Å²) in [6.45, 7) is 2.33. The van der Waals surface area contributed by atoms with Gasteiger partial charge in [-0.05, 0) is 48.9 Å². The fourth-order valence-corrected chi connectivity index (χ4v) is 4.55. The van der Waals surface area contributed by atoms with Crippen LogP contribution in [0.2, 0.25) is 0 Å². The standard InChI is InChI=1S/C27H32F3NO5/c1-17-4-2-5-19(10-17)16-36-26(25(34)31-14-18-8-9-18)12-22(32)24(33)23(13-26)35-15-20-6-3-7-21(11-20)27(28,29)30/h2-7,10-11,18,22-24,32-33H,8-9,12-16H2,1H3,(H,31,34)/t22-,23-,24-,26+/m1/s1. The molecule has 2 aliphatic rings. The van der Waals surface area contributed by atoms with E-state index in [2.05, 4.69) is 5.32 Å². The zero-order valence-corrected chi connectivity index (χ0v) is 20.1. The number of ether oxygens (including phenoxy) is 2. The monoisotopic (exact) mass is 507 g/mol. The summed E-state index contributed by atoms with van der Waals surface area (Å²) in [6, 6.07) is 12.4. The number of rotatable bonds is 9. The van der Waals surface area contributed by atoms with E-state index in [9.17, 15) is 28.2 Å². The van der Waals surface area contributed by atoms with Gasteiger partial charge in [-0.15, -0.1) is 0 Å². The maximum absolute atomic E-state index is 13.4. The summed E-state index contributed by atoms with van der Waals surface area (Å²) >= 11 is 0. The number of aryl methyl sites for hydroxylation is 1. The molecule has 196 valence electrons. The third-order valence-electron chi connectivity index (χ3n) is 6.82. The van der Waals surface area contributed by atoms with E-state index in [0.29, 0.717) is 12.5 Å². The van der Waals surface area contributed by atoms with E-state index in [1.54, 1.807) is 0 Å². The highest BCUT2D eigenvalue weighted by Gasteiger charge is 2.51. The SMILES string of the molecule is Cc1cccc(CO[C@@]2(C(=O)NCC3CC3)C[C@@H](O)[C@@H](O)[C@H](OCc3cccc(C(F)(F)F)c3)C2)c1. The minimum Gasteiger partial charge on any atom is -0.390 e. The lowest BCUT2D eigenvalue weighted by atomic mass is 9.78. The zero-order valence-electron chi connectivity index (χ0n) is 20.1. The summed E-state index contributed by atoms with van der Waals surface area (Å²) in [5.41, 5.74) is -0.115. The van der Waals surface area contributed by atoms with Crippen molar-refractivity contribution in [3.8, 4) is 0 Å². The van der Waals surface area contributed by atoms with Crippen molar-refractivity contribution >= 4 is 5.91 Å². The Kier molecular flexibility index (Phi) is 8.04. The van der Waals surface area contributed by atoms with E-state index in [-0.39, 0.29) is 37.5 Å². The molecule has 2 fully saturated rings. The summed E-state index contributed by atoms with van der Waals surface area (Å²) in [4.78, 5) is 13.4. The van der Waals surface area contributed by atoms with Gasteiger partial charge in [0.15, 0.2) is 5.60 Å². The van der Waals surface area contributed by atoms with Gasteiger partial charge in [0.2, 0.25) is 0 Å². The van der Waals surface area contributed by atoms with Gasteiger partial charge in [0.1, 0.15) is 6.10 Å². The molecule has 0 heterocycles. The highest BCUT2D eigenvalue weighted by atomic mass is 19.4. The second-order valence-electron chi connectivity index (χ2n) is 9.94. The second-order valence-corrected chi connectivity index (χ2v) is 9.94. The third-order valence-corrected chi connectivity index (χ3v) is 6.82. The van der Waals surface area contributed by atoms with Crippen molar-refractivity contribution in [1.82, 2.24) is 5.32 Å². The highest BCUT2D eigenvalue weighted by molar-refractivity contribution is 5.85. The Morgan fingerprint density at radius 1 is 1.06 bits per heavy atom. The normalized spacial score (nSPS) is 26.6. The smallest absolute Gasteiger partial charge is 0.390 e. The molecule has 0 aliphatic heterocycles. The number of aliphatic hydroxyl groups is 2. The molecule has 0 radical (unpaired) electrons. The first-order chi connectivity index (χ1) is 17.1. The molecule has 3 N–H and O–H groups in total. The Morgan fingerprint density at radius 3 is 2.42 bits per heavy atom. The molecule has 0 bridgehead atoms. The van der Waals surface area contributed by atoms with Crippen LogP contribution in [0.3, 0.4) is 0 Å². The predicted octanol–water partition coefficient (Wildman–Crippen LogP) is 3.90. The molecular weight excluding hydrogens is 475 g/mol. The molecule has 2 aromatic carbocycles. The number of aliphatic hydroxyl groups excluding tert-OH is 2. The summed E-state index contributed by atoms with van der Waals surface area (Å²) in [5.74, 6) is 0.0375. The Hall–Kier alpha value is -2.46. The lowest BCUT2D eigenvalue weighted by molar-refractivity contribution is -0.200. The molecule has 9 heteroatoms. The van der Waals surface area contributed by atoms with Crippen LogP contribution < -0.4 is 5.32 Å². The van der Waals surface area contributed by atoms with Crippen molar-refractivity contribution in [3.05, 3.63) is 70.8 Å². The van der Waals surface area contributed by atoms with E-state index in [0.717, 1.165) is 36.1 Å². The minimum absolute atomic E-state index is 0.0491. The quantitative estimate of drug-likeness (QED) is 0.479. The average Bonchev–Trinajstić information content (AvgIpc) is 3.67. The third kappa shape index (κ3) is 6.64. The fourth-order valence-electron chi connectivity index (χ4n) is 4.55. The summed E-state index contributed by atoms with van der Waals surface area (Å²) in [5, 5.41) is 24.2. The van der Waals surface area contributed by atoms with Crippen LogP contribution in [0, 0.1) is 12.8 Å². The summed E-state index contributed by atoms with van der Waals surface area (Å²) in [7, 11) is 0. The van der Waals surface area contributed by atoms with Crippen LogP contribution in [-0.4, -0.2) is 46.6 Å². The second kappa shape index (κ2) is 10.9. The van der Waals surface area contributed by atoms with Gasteiger partial charge in [-0.1, -0.05) is 42.0 Å². The van der Waals surface area contributed by atoms with Crippen molar-refractivity contribution in [2.45, 2.75) is 75.9 Å². The van der Waals surface area contributed by atoms with E-state index < -0.39 is 35.7 Å². The molecule has 36 heavy (non-hydrogen) atoms. The maximum atomic E-state index is 13.4. The number of amides is 1. The average molecular weight is 508 g/mol. The Labute approximate surface area is 208 Å². The van der Waals surface area contributed by atoms with Gasteiger partial charge < -0.3 is 25.0 Å². The van der Waals surface area contributed by atoms with Crippen molar-refractivity contribution in [2.24, 2.45) is 5.92 Å². The number of alkyl halides is 3. The molecule has 6 nitrogen and oxygen atoms in total. The van der Waals surface area contributed by atoms with Crippen LogP contribution >= 0.6 is 0 Å². The lowest BCUT2D eigenvalue weighted by Crippen LogP contribution is -2.60. The van der Waals surface area contributed by atoms with Crippen LogP contribution in [-0.2, 0) is 33.7 Å². The summed E-state index contributed by atoms with van der Waals surface area (Å²) in [6.07, 6.45) is -6.23. The zero-order chi connectivity index (χ0) is 25.9. The first-order valence-electron chi connectivity index (χ1n) is 12.2. The van der Waals surface area contributed by atoms with Crippen molar-refractivity contribution in [3.63, 3.8) is 0 Å². The number of benzene rings is 2. The van der Waals surface area contributed by atoms with Crippen molar-refractivity contribution in [1.29, 1.82) is 0 Å². The van der Waals surface area contributed by atoms with Crippen LogP contribution in [0.4, 0.5) is 13.2 Å². The van der Waals surface area contributed by atoms with Gasteiger partial charge in [0.05, 0.1) is 31.0 Å². The van der Waals surface area contributed by atoms with Gasteiger partial charge >= 0.3 is 6.18 Å². The molecule has 4 atom stereocenters. The molecule has 2 aliphatic carbocycles. The highest BCUT2D eigenvalue weighted by Crippen LogP contribution is 2.37. The molecule has 2 saturated carbocycles. The first kappa shape index (κ1) is 26.6. The van der Waals surface area contributed by atoms with E-state index >= 15 is 0 Å². The molecule has 1 amide bonds. The van der Waals surface area contributed by atoms with Gasteiger partial charge in [-0.2, -0.15) is 13.2 Å². The van der Waals surface area contributed by atoms with E-state index in [1.165, 1.54) is 12.1 Å². The van der Waals surface area contributed by atoms with Crippen LogP contribution in [0.15, 0.2) is 48.5 Å². The molecule has 0 saturated heterocycles.